The average molecular weight is 299 g/mol. The van der Waals surface area contributed by atoms with Gasteiger partial charge in [0.25, 0.3) is 9.05 Å². The lowest BCUT2D eigenvalue weighted by Crippen LogP contribution is -2.08. The molecule has 0 amide bonds. The molecule has 1 aromatic heterocycles. The highest BCUT2D eigenvalue weighted by Gasteiger charge is 2.20. The Bertz CT molecular complexity index is 489. The molecule has 0 aliphatic heterocycles. The van der Waals surface area contributed by atoms with Gasteiger partial charge in [-0.15, -0.1) is 0 Å². The minimum Gasteiger partial charge on any atom is -0.372 e. The minimum atomic E-state index is -3.90. The molecule has 0 bridgehead atoms. The van der Waals surface area contributed by atoms with E-state index in [1.807, 2.05) is 13.8 Å². The quantitative estimate of drug-likeness (QED) is 0.723. The molecule has 1 atom stereocenters. The van der Waals surface area contributed by atoms with Crippen LogP contribution in [0.5, 0.6) is 0 Å². The van der Waals surface area contributed by atoms with Crippen LogP contribution in [0.25, 0.3) is 0 Å². The summed E-state index contributed by atoms with van der Waals surface area (Å²) in [6, 6.07) is 0. The monoisotopic (exact) mass is 298 g/mol. The molecule has 0 fully saturated rings. The number of alkyl halides is 1. The van der Waals surface area contributed by atoms with Crippen molar-refractivity contribution in [3.05, 3.63) is 11.9 Å². The van der Waals surface area contributed by atoms with Gasteiger partial charge in [0.15, 0.2) is 0 Å². The van der Waals surface area contributed by atoms with Gasteiger partial charge in [-0.05, 0) is 13.3 Å². The Morgan fingerprint density at radius 2 is 2.28 bits per heavy atom. The van der Waals surface area contributed by atoms with Gasteiger partial charge in [-0.3, -0.25) is 4.68 Å². The Balaban J connectivity index is 2.93. The molecule has 5 nitrogen and oxygen atoms in total. The molecule has 1 unspecified atom stereocenters. The molecule has 0 saturated carbocycles. The van der Waals surface area contributed by atoms with Gasteiger partial charge in [0, 0.05) is 16.9 Å². The fraction of sp³-hybridized carbons (Fsp3) is 0.700. The molecule has 8 heteroatoms. The number of ether oxygens (including phenoxy) is 1. The Kier molecular flexibility index (Phi) is 5.55. The first-order chi connectivity index (χ1) is 8.38. The lowest BCUT2D eigenvalue weighted by molar-refractivity contribution is 0.0473. The fourth-order valence-electron chi connectivity index (χ4n) is 1.29. The van der Waals surface area contributed by atoms with Crippen molar-refractivity contribution in [2.45, 2.75) is 44.4 Å². The first kappa shape index (κ1) is 15.4. The summed E-state index contributed by atoms with van der Waals surface area (Å²) >= 11 is 0. The highest BCUT2D eigenvalue weighted by Crippen LogP contribution is 2.20. The van der Waals surface area contributed by atoms with Crippen molar-refractivity contribution in [1.29, 1.82) is 0 Å². The average Bonchev–Trinajstić information content (AvgIpc) is 2.69. The van der Waals surface area contributed by atoms with E-state index in [4.69, 9.17) is 15.4 Å². The van der Waals surface area contributed by atoms with Gasteiger partial charge in [-0.2, -0.15) is 5.10 Å². The van der Waals surface area contributed by atoms with Crippen LogP contribution in [0.2, 0.25) is 0 Å². The molecular formula is C10H16ClFN2O3S. The van der Waals surface area contributed by atoms with Crippen molar-refractivity contribution < 1.29 is 17.5 Å². The van der Waals surface area contributed by atoms with E-state index in [0.29, 0.717) is 0 Å². The SMILES string of the molecule is CCC(C)OCc1nn(CCF)cc1S(=O)(=O)Cl. The zero-order valence-electron chi connectivity index (χ0n) is 10.3. The van der Waals surface area contributed by atoms with Crippen molar-refractivity contribution in [3.8, 4) is 0 Å². The molecule has 0 spiro atoms. The molecule has 1 aromatic rings. The van der Waals surface area contributed by atoms with E-state index in [1.54, 1.807) is 0 Å². The molecule has 0 aliphatic rings. The van der Waals surface area contributed by atoms with Crippen LogP contribution in [0.3, 0.4) is 0 Å². The topological polar surface area (TPSA) is 61.2 Å². The zero-order chi connectivity index (χ0) is 13.8. The molecule has 1 heterocycles. The third-order valence-corrected chi connectivity index (χ3v) is 3.82. The Hall–Kier alpha value is -0.660. The zero-order valence-corrected chi connectivity index (χ0v) is 11.8. The number of hydrogen-bond donors (Lipinski definition) is 0. The summed E-state index contributed by atoms with van der Waals surface area (Å²) in [5.74, 6) is 0. The summed E-state index contributed by atoms with van der Waals surface area (Å²) in [5, 5.41) is 3.96. The van der Waals surface area contributed by atoms with Crippen molar-refractivity contribution in [3.63, 3.8) is 0 Å². The van der Waals surface area contributed by atoms with Gasteiger partial charge >= 0.3 is 0 Å². The fourth-order valence-corrected chi connectivity index (χ4v) is 2.30. The van der Waals surface area contributed by atoms with Crippen LogP contribution in [0.4, 0.5) is 4.39 Å². The predicted molar refractivity (Wildman–Crippen MR) is 65.8 cm³/mol. The molecular weight excluding hydrogens is 283 g/mol. The van der Waals surface area contributed by atoms with E-state index >= 15 is 0 Å². The van der Waals surface area contributed by atoms with Crippen molar-refractivity contribution >= 4 is 19.7 Å². The van der Waals surface area contributed by atoms with Crippen LogP contribution < -0.4 is 0 Å². The second-order valence-electron chi connectivity index (χ2n) is 3.86. The lowest BCUT2D eigenvalue weighted by atomic mass is 10.3. The van der Waals surface area contributed by atoms with Crippen LogP contribution >= 0.6 is 10.7 Å². The van der Waals surface area contributed by atoms with Crippen LogP contribution in [0, 0.1) is 0 Å². The molecule has 0 aliphatic carbocycles. The Labute approximate surface area is 110 Å². The van der Waals surface area contributed by atoms with Crippen molar-refractivity contribution in [2.24, 2.45) is 0 Å². The standard InChI is InChI=1S/C10H16ClFN2O3S/c1-3-8(2)17-7-9-10(18(11,15)16)6-14(13-9)5-4-12/h6,8H,3-5,7H2,1-2H3. The molecule has 0 aromatic carbocycles. The third kappa shape index (κ3) is 4.22. The first-order valence-electron chi connectivity index (χ1n) is 5.57. The predicted octanol–water partition coefficient (Wildman–Crippen LogP) is 2.10. The molecule has 104 valence electrons. The minimum absolute atomic E-state index is 0.0112. The number of halogens is 2. The number of hydrogen-bond acceptors (Lipinski definition) is 4. The highest BCUT2D eigenvalue weighted by atomic mass is 35.7. The normalized spacial score (nSPS) is 13.8. The number of nitrogens with zero attached hydrogens (tertiary/aromatic N) is 2. The molecule has 18 heavy (non-hydrogen) atoms. The van der Waals surface area contributed by atoms with E-state index in [2.05, 4.69) is 5.10 Å². The molecule has 1 rings (SSSR count). The van der Waals surface area contributed by atoms with Gasteiger partial charge in [-0.1, -0.05) is 6.92 Å². The number of rotatable bonds is 7. The Morgan fingerprint density at radius 1 is 1.61 bits per heavy atom. The summed E-state index contributed by atoms with van der Waals surface area (Å²) in [6.45, 7) is 3.21. The van der Waals surface area contributed by atoms with Gasteiger partial charge < -0.3 is 4.74 Å². The van der Waals surface area contributed by atoms with E-state index < -0.39 is 15.7 Å². The third-order valence-electron chi connectivity index (χ3n) is 2.46. The Morgan fingerprint density at radius 3 is 2.78 bits per heavy atom. The van der Waals surface area contributed by atoms with Gasteiger partial charge in [0.05, 0.1) is 19.3 Å². The van der Waals surface area contributed by atoms with Crippen LogP contribution in [0.15, 0.2) is 11.1 Å². The molecule has 0 radical (unpaired) electrons. The van der Waals surface area contributed by atoms with Crippen LogP contribution in [-0.2, 0) is 26.9 Å². The summed E-state index contributed by atoms with van der Waals surface area (Å²) in [7, 11) is 1.40. The largest absolute Gasteiger partial charge is 0.372 e. The molecule has 0 N–H and O–H groups in total. The number of aryl methyl sites for hydroxylation is 1. The summed E-state index contributed by atoms with van der Waals surface area (Å²) in [4.78, 5) is -0.124. The van der Waals surface area contributed by atoms with Gasteiger partial charge in [0.1, 0.15) is 17.3 Å². The second-order valence-corrected chi connectivity index (χ2v) is 6.39. The first-order valence-corrected chi connectivity index (χ1v) is 7.88. The molecule has 0 saturated heterocycles. The van der Waals surface area contributed by atoms with E-state index in [-0.39, 0.29) is 29.8 Å². The summed E-state index contributed by atoms with van der Waals surface area (Å²) in [5.41, 5.74) is 0.207. The van der Waals surface area contributed by atoms with Crippen LogP contribution in [-0.4, -0.2) is 31.0 Å². The van der Waals surface area contributed by atoms with E-state index in [9.17, 15) is 12.8 Å². The summed E-state index contributed by atoms with van der Waals surface area (Å²) < 4.78 is 41.5. The van der Waals surface area contributed by atoms with Crippen LogP contribution in [0.1, 0.15) is 26.0 Å². The van der Waals surface area contributed by atoms with Gasteiger partial charge in [0.2, 0.25) is 0 Å². The van der Waals surface area contributed by atoms with Crippen molar-refractivity contribution in [2.75, 3.05) is 6.67 Å². The number of aromatic nitrogens is 2. The smallest absolute Gasteiger partial charge is 0.264 e. The lowest BCUT2D eigenvalue weighted by Gasteiger charge is -2.09. The second kappa shape index (κ2) is 6.49. The highest BCUT2D eigenvalue weighted by molar-refractivity contribution is 8.13. The maximum atomic E-state index is 12.2. The van der Waals surface area contributed by atoms with Crippen molar-refractivity contribution in [1.82, 2.24) is 9.78 Å². The maximum Gasteiger partial charge on any atom is 0.264 e. The van der Waals surface area contributed by atoms with E-state index in [1.165, 1.54) is 10.9 Å². The van der Waals surface area contributed by atoms with E-state index in [0.717, 1.165) is 6.42 Å². The summed E-state index contributed by atoms with van der Waals surface area (Å²) in [6.07, 6.45) is 2.01. The van der Waals surface area contributed by atoms with Gasteiger partial charge in [-0.25, -0.2) is 12.8 Å². The maximum absolute atomic E-state index is 12.2.